The standard InChI is InChI=1S/C14H19N3O3S/c1-12-10-20-8-6-17(12)21(18,19)9-7-16-11-15-13-4-2-3-5-14(13)16/h2-5,11-12H,6-10H2,1H3/t12-/m0/s1. The molecule has 3 rings (SSSR count). The molecule has 114 valence electrons. The van der Waals surface area contributed by atoms with Crippen molar-refractivity contribution in [3.63, 3.8) is 0 Å². The molecule has 1 aromatic heterocycles. The van der Waals surface area contributed by atoms with E-state index in [1.54, 1.807) is 10.6 Å². The van der Waals surface area contributed by atoms with E-state index < -0.39 is 10.0 Å². The first-order valence-corrected chi connectivity index (χ1v) is 8.66. The minimum Gasteiger partial charge on any atom is -0.378 e. The Balaban J connectivity index is 1.74. The van der Waals surface area contributed by atoms with Crippen LogP contribution in [-0.2, 0) is 21.3 Å². The van der Waals surface area contributed by atoms with Gasteiger partial charge in [0.2, 0.25) is 10.0 Å². The van der Waals surface area contributed by atoms with Crippen molar-refractivity contribution in [2.75, 3.05) is 25.5 Å². The quantitative estimate of drug-likeness (QED) is 0.848. The fourth-order valence-corrected chi connectivity index (χ4v) is 4.27. The van der Waals surface area contributed by atoms with Crippen molar-refractivity contribution in [2.45, 2.75) is 19.5 Å². The van der Waals surface area contributed by atoms with Crippen LogP contribution in [0.15, 0.2) is 30.6 Å². The molecule has 0 aliphatic carbocycles. The van der Waals surface area contributed by atoms with Gasteiger partial charge in [0.15, 0.2) is 0 Å². The number of nitrogens with zero attached hydrogens (tertiary/aromatic N) is 3. The van der Waals surface area contributed by atoms with Crippen LogP contribution < -0.4 is 0 Å². The predicted molar refractivity (Wildman–Crippen MR) is 80.5 cm³/mol. The number of ether oxygens (including phenoxy) is 1. The highest BCUT2D eigenvalue weighted by atomic mass is 32.2. The first kappa shape index (κ1) is 14.5. The summed E-state index contributed by atoms with van der Waals surface area (Å²) in [5, 5.41) is 0. The number of morpholine rings is 1. The van der Waals surface area contributed by atoms with Gasteiger partial charge in [-0.05, 0) is 19.1 Å². The summed E-state index contributed by atoms with van der Waals surface area (Å²) in [7, 11) is -3.27. The van der Waals surface area contributed by atoms with Crippen LogP contribution in [0.2, 0.25) is 0 Å². The maximum atomic E-state index is 12.5. The lowest BCUT2D eigenvalue weighted by molar-refractivity contribution is 0.0392. The maximum absolute atomic E-state index is 12.5. The summed E-state index contributed by atoms with van der Waals surface area (Å²) in [4.78, 5) is 4.28. The molecule has 1 atom stereocenters. The zero-order valence-electron chi connectivity index (χ0n) is 12.0. The van der Waals surface area contributed by atoms with Gasteiger partial charge in [-0.3, -0.25) is 0 Å². The molecule has 1 fully saturated rings. The van der Waals surface area contributed by atoms with Crippen molar-refractivity contribution in [2.24, 2.45) is 0 Å². The minimum atomic E-state index is -3.27. The zero-order chi connectivity index (χ0) is 14.9. The van der Waals surface area contributed by atoms with Crippen LogP contribution in [0.25, 0.3) is 11.0 Å². The lowest BCUT2D eigenvalue weighted by Crippen LogP contribution is -2.48. The molecule has 0 radical (unpaired) electrons. The number of rotatable bonds is 4. The highest BCUT2D eigenvalue weighted by Crippen LogP contribution is 2.15. The Morgan fingerprint density at radius 1 is 1.38 bits per heavy atom. The predicted octanol–water partition coefficient (Wildman–Crippen LogP) is 1.09. The number of imidazole rings is 1. The number of benzene rings is 1. The average Bonchev–Trinajstić information content (AvgIpc) is 2.89. The molecule has 2 heterocycles. The van der Waals surface area contributed by atoms with E-state index in [-0.39, 0.29) is 11.8 Å². The average molecular weight is 309 g/mol. The van der Waals surface area contributed by atoms with E-state index in [0.29, 0.717) is 26.3 Å². The molecule has 1 aromatic carbocycles. The third kappa shape index (κ3) is 2.95. The van der Waals surface area contributed by atoms with E-state index in [1.807, 2.05) is 35.8 Å². The maximum Gasteiger partial charge on any atom is 0.216 e. The number of aryl methyl sites for hydroxylation is 1. The molecular formula is C14H19N3O3S. The fourth-order valence-electron chi connectivity index (χ4n) is 2.64. The van der Waals surface area contributed by atoms with Crippen LogP contribution in [0, 0.1) is 0 Å². The van der Waals surface area contributed by atoms with Crippen molar-refractivity contribution in [3.05, 3.63) is 30.6 Å². The van der Waals surface area contributed by atoms with Crippen molar-refractivity contribution in [1.29, 1.82) is 0 Å². The number of hydrogen-bond donors (Lipinski definition) is 0. The lowest BCUT2D eigenvalue weighted by atomic mass is 10.3. The second kappa shape index (κ2) is 5.75. The summed E-state index contributed by atoms with van der Waals surface area (Å²) in [5.74, 6) is 0.0810. The molecule has 0 amide bonds. The Morgan fingerprint density at radius 3 is 3.00 bits per heavy atom. The largest absolute Gasteiger partial charge is 0.378 e. The number of para-hydroxylation sites is 2. The van der Waals surface area contributed by atoms with Gasteiger partial charge >= 0.3 is 0 Å². The van der Waals surface area contributed by atoms with Gasteiger partial charge in [-0.25, -0.2) is 13.4 Å². The minimum absolute atomic E-state index is 0.0810. The van der Waals surface area contributed by atoms with Crippen LogP contribution in [0.5, 0.6) is 0 Å². The van der Waals surface area contributed by atoms with E-state index in [1.165, 1.54) is 0 Å². The molecule has 1 aliphatic rings. The SMILES string of the molecule is C[C@H]1COCCN1S(=O)(=O)CCn1cnc2ccccc21. The topological polar surface area (TPSA) is 64.4 Å². The third-order valence-electron chi connectivity index (χ3n) is 3.78. The first-order chi connectivity index (χ1) is 10.1. The summed E-state index contributed by atoms with van der Waals surface area (Å²) >= 11 is 0. The lowest BCUT2D eigenvalue weighted by Gasteiger charge is -2.32. The molecule has 7 heteroatoms. The van der Waals surface area contributed by atoms with Crippen LogP contribution >= 0.6 is 0 Å². The Bertz CT molecular complexity index is 726. The molecule has 6 nitrogen and oxygen atoms in total. The van der Waals surface area contributed by atoms with E-state index in [2.05, 4.69) is 4.98 Å². The van der Waals surface area contributed by atoms with E-state index in [9.17, 15) is 8.42 Å². The van der Waals surface area contributed by atoms with Gasteiger partial charge in [-0.2, -0.15) is 4.31 Å². The third-order valence-corrected chi connectivity index (χ3v) is 5.74. The molecule has 1 aliphatic heterocycles. The highest BCUT2D eigenvalue weighted by Gasteiger charge is 2.29. The van der Waals surface area contributed by atoms with Crippen molar-refractivity contribution in [3.8, 4) is 0 Å². The summed E-state index contributed by atoms with van der Waals surface area (Å²) < 4.78 is 33.7. The first-order valence-electron chi connectivity index (χ1n) is 7.05. The van der Waals surface area contributed by atoms with Crippen LogP contribution in [0.3, 0.4) is 0 Å². The van der Waals surface area contributed by atoms with Gasteiger partial charge in [0, 0.05) is 19.1 Å². The van der Waals surface area contributed by atoms with Crippen molar-refractivity contribution < 1.29 is 13.2 Å². The second-order valence-corrected chi connectivity index (χ2v) is 7.32. The van der Waals surface area contributed by atoms with Crippen LogP contribution in [-0.4, -0.2) is 53.8 Å². The zero-order valence-corrected chi connectivity index (χ0v) is 12.8. The van der Waals surface area contributed by atoms with Gasteiger partial charge in [0.05, 0.1) is 36.3 Å². The van der Waals surface area contributed by atoms with Gasteiger partial charge in [-0.1, -0.05) is 12.1 Å². The molecular weight excluding hydrogens is 290 g/mol. The number of sulfonamides is 1. The van der Waals surface area contributed by atoms with Crippen molar-refractivity contribution in [1.82, 2.24) is 13.9 Å². The summed E-state index contributed by atoms with van der Waals surface area (Å²) in [6, 6.07) is 7.63. The number of hydrogen-bond acceptors (Lipinski definition) is 4. The molecule has 0 bridgehead atoms. The highest BCUT2D eigenvalue weighted by molar-refractivity contribution is 7.89. The summed E-state index contributed by atoms with van der Waals surface area (Å²) in [6.45, 7) is 3.66. The van der Waals surface area contributed by atoms with Crippen LogP contribution in [0.1, 0.15) is 6.92 Å². The molecule has 2 aromatic rings. The van der Waals surface area contributed by atoms with Gasteiger partial charge < -0.3 is 9.30 Å². The Hall–Kier alpha value is -1.44. The van der Waals surface area contributed by atoms with E-state index in [4.69, 9.17) is 4.74 Å². The fraction of sp³-hybridized carbons (Fsp3) is 0.500. The molecule has 0 spiro atoms. The van der Waals surface area contributed by atoms with Crippen molar-refractivity contribution >= 4 is 21.1 Å². The van der Waals surface area contributed by atoms with E-state index in [0.717, 1.165) is 11.0 Å². The summed E-state index contributed by atoms with van der Waals surface area (Å²) in [6.07, 6.45) is 1.70. The smallest absolute Gasteiger partial charge is 0.216 e. The number of fused-ring (bicyclic) bond motifs is 1. The number of aromatic nitrogens is 2. The monoisotopic (exact) mass is 309 g/mol. The molecule has 1 saturated heterocycles. The Labute approximate surface area is 124 Å². The summed E-state index contributed by atoms with van der Waals surface area (Å²) in [5.41, 5.74) is 1.84. The normalized spacial score (nSPS) is 20.9. The Morgan fingerprint density at radius 2 is 2.19 bits per heavy atom. The van der Waals surface area contributed by atoms with E-state index >= 15 is 0 Å². The molecule has 0 unspecified atom stereocenters. The van der Waals surface area contributed by atoms with Gasteiger partial charge in [0.1, 0.15) is 0 Å². The second-order valence-electron chi connectivity index (χ2n) is 5.28. The van der Waals surface area contributed by atoms with Gasteiger partial charge in [-0.15, -0.1) is 0 Å². The van der Waals surface area contributed by atoms with Crippen LogP contribution in [0.4, 0.5) is 0 Å². The molecule has 21 heavy (non-hydrogen) atoms. The molecule has 0 N–H and O–H groups in total. The molecule has 0 saturated carbocycles. The Kier molecular flexibility index (Phi) is 3.97. The van der Waals surface area contributed by atoms with Gasteiger partial charge in [0.25, 0.3) is 0 Å².